The van der Waals surface area contributed by atoms with E-state index in [4.69, 9.17) is 0 Å². The average Bonchev–Trinajstić information content (AvgIpc) is 3.54. The molecule has 2 aromatic heterocycles. The Hall–Kier alpha value is -3.45. The number of rotatable bonds is 5. The molecule has 1 amide bonds. The van der Waals surface area contributed by atoms with Gasteiger partial charge in [0.25, 0.3) is 5.91 Å². The molecule has 4 aromatic rings. The number of nitrogens with zero attached hydrogens (tertiary/aromatic N) is 5. The zero-order valence-electron chi connectivity index (χ0n) is 17.1. The average molecular weight is 430 g/mol. The Balaban J connectivity index is 1.31. The van der Waals surface area contributed by atoms with Crippen LogP contribution < -0.4 is 4.90 Å². The van der Waals surface area contributed by atoms with E-state index in [0.717, 1.165) is 41.5 Å². The van der Waals surface area contributed by atoms with Gasteiger partial charge in [0.2, 0.25) is 0 Å². The third kappa shape index (κ3) is 4.22. The molecule has 6 nitrogen and oxygen atoms in total. The van der Waals surface area contributed by atoms with Gasteiger partial charge in [-0.15, -0.1) is 11.3 Å². The first-order valence-corrected chi connectivity index (χ1v) is 11.3. The molecule has 1 saturated heterocycles. The van der Waals surface area contributed by atoms with Crippen molar-refractivity contribution in [3.05, 3.63) is 89.7 Å². The summed E-state index contributed by atoms with van der Waals surface area (Å²) in [6.07, 6.45) is 5.57. The molecule has 0 bridgehead atoms. The van der Waals surface area contributed by atoms with Crippen molar-refractivity contribution in [3.63, 3.8) is 0 Å². The highest BCUT2D eigenvalue weighted by Crippen LogP contribution is 2.26. The highest BCUT2D eigenvalue weighted by atomic mass is 32.1. The maximum absolute atomic E-state index is 13.3. The van der Waals surface area contributed by atoms with Crippen molar-refractivity contribution in [1.82, 2.24) is 19.7 Å². The summed E-state index contributed by atoms with van der Waals surface area (Å²) in [4.78, 5) is 21.9. The Morgan fingerprint density at radius 3 is 2.45 bits per heavy atom. The Bertz CT molecular complexity index is 1130. The first-order valence-electron chi connectivity index (χ1n) is 10.4. The second-order valence-electron chi connectivity index (χ2n) is 7.54. The second-order valence-corrected chi connectivity index (χ2v) is 8.41. The number of thiazole rings is 1. The fraction of sp³-hybridized carbons (Fsp3) is 0.208. The molecule has 0 unspecified atom stereocenters. The summed E-state index contributed by atoms with van der Waals surface area (Å²) in [5.74, 6) is 0.0926. The first kappa shape index (κ1) is 19.5. The largest absolute Gasteiger partial charge is 0.345 e. The van der Waals surface area contributed by atoms with Gasteiger partial charge in [0.05, 0.1) is 6.54 Å². The smallest absolute Gasteiger partial charge is 0.254 e. The third-order valence-corrected chi connectivity index (χ3v) is 6.42. The molecule has 1 fully saturated rings. The minimum Gasteiger partial charge on any atom is -0.345 e. The van der Waals surface area contributed by atoms with Crippen LogP contribution >= 0.6 is 11.3 Å². The van der Waals surface area contributed by atoms with Crippen LogP contribution in [0.1, 0.15) is 15.9 Å². The third-order valence-electron chi connectivity index (χ3n) is 5.58. The summed E-state index contributed by atoms with van der Waals surface area (Å²) in [5.41, 5.74) is 3.95. The molecule has 7 heteroatoms. The standard InChI is InChI=1S/C24H23N5OS/c30-23(27-13-15-28(16-14-27)24-25-11-17-31-24)22-5-2-1-4-21(22)20-8-6-19(7-9-20)18-29-12-3-10-26-29/h1-12,17H,13-16,18H2. The SMILES string of the molecule is O=C(c1ccccc1-c1ccc(Cn2cccn2)cc1)N1CCN(c2nccs2)CC1. The topological polar surface area (TPSA) is 54.3 Å². The molecular weight excluding hydrogens is 406 g/mol. The lowest BCUT2D eigenvalue weighted by molar-refractivity contribution is 0.0747. The number of benzene rings is 2. The molecule has 5 rings (SSSR count). The summed E-state index contributed by atoms with van der Waals surface area (Å²) in [6, 6.07) is 18.2. The van der Waals surface area contributed by atoms with Crippen LogP contribution in [0.4, 0.5) is 5.13 Å². The van der Waals surface area contributed by atoms with E-state index in [1.807, 2.05) is 57.7 Å². The molecule has 2 aromatic carbocycles. The monoisotopic (exact) mass is 429 g/mol. The van der Waals surface area contributed by atoms with Gasteiger partial charge in [0.15, 0.2) is 5.13 Å². The van der Waals surface area contributed by atoms with Gasteiger partial charge < -0.3 is 9.80 Å². The van der Waals surface area contributed by atoms with Gasteiger partial charge in [-0.25, -0.2) is 4.98 Å². The predicted molar refractivity (Wildman–Crippen MR) is 123 cm³/mol. The molecule has 3 heterocycles. The number of anilines is 1. The van der Waals surface area contributed by atoms with Crippen LogP contribution in [0.15, 0.2) is 78.6 Å². The van der Waals surface area contributed by atoms with E-state index in [1.54, 1.807) is 17.5 Å². The lowest BCUT2D eigenvalue weighted by Gasteiger charge is -2.35. The number of hydrogen-bond donors (Lipinski definition) is 0. The Morgan fingerprint density at radius 2 is 1.74 bits per heavy atom. The number of carbonyl (C=O) groups is 1. The van der Waals surface area contributed by atoms with Crippen molar-refractivity contribution in [1.29, 1.82) is 0 Å². The highest BCUT2D eigenvalue weighted by molar-refractivity contribution is 7.13. The normalized spacial score (nSPS) is 14.1. The molecule has 31 heavy (non-hydrogen) atoms. The van der Waals surface area contributed by atoms with E-state index in [2.05, 4.69) is 39.2 Å². The molecule has 0 aliphatic carbocycles. The molecule has 0 saturated carbocycles. The van der Waals surface area contributed by atoms with Crippen LogP contribution in [0.3, 0.4) is 0 Å². The summed E-state index contributed by atoms with van der Waals surface area (Å²) in [6.45, 7) is 3.76. The van der Waals surface area contributed by atoms with Crippen molar-refractivity contribution in [2.45, 2.75) is 6.54 Å². The fourth-order valence-electron chi connectivity index (χ4n) is 3.94. The Kier molecular flexibility index (Phi) is 5.50. The van der Waals surface area contributed by atoms with Crippen molar-refractivity contribution in [2.75, 3.05) is 31.1 Å². The van der Waals surface area contributed by atoms with Gasteiger partial charge in [-0.05, 0) is 28.8 Å². The highest BCUT2D eigenvalue weighted by Gasteiger charge is 2.24. The lowest BCUT2D eigenvalue weighted by Crippen LogP contribution is -2.48. The minimum atomic E-state index is 0.0926. The van der Waals surface area contributed by atoms with Gasteiger partial charge in [-0.3, -0.25) is 9.48 Å². The van der Waals surface area contributed by atoms with E-state index in [0.29, 0.717) is 13.1 Å². The zero-order valence-corrected chi connectivity index (χ0v) is 17.9. The van der Waals surface area contributed by atoms with Crippen LogP contribution in [0.25, 0.3) is 11.1 Å². The first-order chi connectivity index (χ1) is 15.3. The Morgan fingerprint density at radius 1 is 0.935 bits per heavy atom. The van der Waals surface area contributed by atoms with E-state index in [-0.39, 0.29) is 5.91 Å². The number of aromatic nitrogens is 3. The van der Waals surface area contributed by atoms with E-state index < -0.39 is 0 Å². The van der Waals surface area contributed by atoms with E-state index >= 15 is 0 Å². The second kappa shape index (κ2) is 8.73. The number of carbonyl (C=O) groups excluding carboxylic acids is 1. The maximum Gasteiger partial charge on any atom is 0.254 e. The molecule has 1 aliphatic rings. The van der Waals surface area contributed by atoms with Crippen molar-refractivity contribution >= 4 is 22.4 Å². The molecule has 1 aliphatic heterocycles. The predicted octanol–water partition coefficient (Wildman–Crippen LogP) is 4.02. The molecule has 0 atom stereocenters. The van der Waals surface area contributed by atoms with Gasteiger partial charge in [-0.1, -0.05) is 42.5 Å². The van der Waals surface area contributed by atoms with Crippen molar-refractivity contribution < 1.29 is 4.79 Å². The van der Waals surface area contributed by atoms with Gasteiger partial charge in [-0.2, -0.15) is 5.10 Å². The molecular formula is C24H23N5OS. The number of piperazine rings is 1. The molecule has 156 valence electrons. The summed E-state index contributed by atoms with van der Waals surface area (Å²) >= 11 is 1.64. The van der Waals surface area contributed by atoms with Crippen LogP contribution in [0, 0.1) is 0 Å². The van der Waals surface area contributed by atoms with Crippen LogP contribution in [-0.4, -0.2) is 51.8 Å². The minimum absolute atomic E-state index is 0.0926. The van der Waals surface area contributed by atoms with Crippen LogP contribution in [0.5, 0.6) is 0 Å². The van der Waals surface area contributed by atoms with Gasteiger partial charge in [0.1, 0.15) is 0 Å². The summed E-state index contributed by atoms with van der Waals surface area (Å²) in [5, 5.41) is 7.28. The summed E-state index contributed by atoms with van der Waals surface area (Å²) in [7, 11) is 0. The number of hydrogen-bond acceptors (Lipinski definition) is 5. The fourth-order valence-corrected chi connectivity index (χ4v) is 4.63. The number of amides is 1. The zero-order chi connectivity index (χ0) is 21.0. The van der Waals surface area contributed by atoms with Crippen LogP contribution in [-0.2, 0) is 6.54 Å². The van der Waals surface area contributed by atoms with Gasteiger partial charge in [0, 0.05) is 55.7 Å². The van der Waals surface area contributed by atoms with E-state index in [1.165, 1.54) is 5.56 Å². The summed E-state index contributed by atoms with van der Waals surface area (Å²) < 4.78 is 1.90. The molecule has 0 radical (unpaired) electrons. The van der Waals surface area contributed by atoms with Gasteiger partial charge >= 0.3 is 0 Å². The maximum atomic E-state index is 13.3. The Labute approximate surface area is 185 Å². The quantitative estimate of drug-likeness (QED) is 0.481. The lowest BCUT2D eigenvalue weighted by atomic mass is 9.97. The van der Waals surface area contributed by atoms with Crippen LogP contribution in [0.2, 0.25) is 0 Å². The van der Waals surface area contributed by atoms with E-state index in [9.17, 15) is 4.79 Å². The molecule has 0 spiro atoms. The van der Waals surface area contributed by atoms with Crippen molar-refractivity contribution in [3.8, 4) is 11.1 Å². The molecule has 0 N–H and O–H groups in total. The van der Waals surface area contributed by atoms with Crippen molar-refractivity contribution in [2.24, 2.45) is 0 Å².